The molecule has 1 fully saturated rings. The standard InChI is InChI=1S/C12H24O2/c1-2-3-4-5-6-7-8-9-11-12(10-13)14-11/h11-13H,2-10H2,1H3/t11-,12+/m1/s1. The average Bonchev–Trinajstić information content (AvgIpc) is 2.95. The predicted molar refractivity (Wildman–Crippen MR) is 58.4 cm³/mol. The Balaban J connectivity index is 1.73. The highest BCUT2D eigenvalue weighted by Gasteiger charge is 2.36. The van der Waals surface area contributed by atoms with Crippen LogP contribution in [-0.4, -0.2) is 23.9 Å². The lowest BCUT2D eigenvalue weighted by Crippen LogP contribution is -1.98. The first kappa shape index (κ1) is 12.0. The van der Waals surface area contributed by atoms with Crippen LogP contribution in [0, 0.1) is 0 Å². The van der Waals surface area contributed by atoms with Crippen LogP contribution in [0.25, 0.3) is 0 Å². The van der Waals surface area contributed by atoms with Crippen LogP contribution in [0.2, 0.25) is 0 Å². The molecule has 0 amide bonds. The van der Waals surface area contributed by atoms with Gasteiger partial charge in [0.05, 0.1) is 12.7 Å². The van der Waals surface area contributed by atoms with E-state index in [1.807, 2.05) is 0 Å². The zero-order chi connectivity index (χ0) is 10.2. The Hall–Kier alpha value is -0.0800. The summed E-state index contributed by atoms with van der Waals surface area (Å²) in [4.78, 5) is 0. The van der Waals surface area contributed by atoms with Crippen LogP contribution in [0.5, 0.6) is 0 Å². The second kappa shape index (κ2) is 7.24. The summed E-state index contributed by atoms with van der Waals surface area (Å²) in [5.41, 5.74) is 0. The van der Waals surface area contributed by atoms with E-state index in [-0.39, 0.29) is 12.7 Å². The molecular formula is C12H24O2. The summed E-state index contributed by atoms with van der Waals surface area (Å²) in [6, 6.07) is 0. The molecule has 84 valence electrons. The molecule has 14 heavy (non-hydrogen) atoms. The van der Waals surface area contributed by atoms with Gasteiger partial charge in [0.15, 0.2) is 0 Å². The molecule has 0 radical (unpaired) electrons. The Morgan fingerprint density at radius 2 is 1.57 bits per heavy atom. The van der Waals surface area contributed by atoms with Crippen LogP contribution < -0.4 is 0 Å². The van der Waals surface area contributed by atoms with Crippen molar-refractivity contribution in [2.75, 3.05) is 6.61 Å². The molecule has 1 heterocycles. The lowest BCUT2D eigenvalue weighted by molar-refractivity contribution is 0.241. The summed E-state index contributed by atoms with van der Waals surface area (Å²) < 4.78 is 5.26. The Morgan fingerprint density at radius 3 is 2.14 bits per heavy atom. The minimum Gasteiger partial charge on any atom is -0.394 e. The molecule has 0 unspecified atom stereocenters. The highest BCUT2D eigenvalue weighted by atomic mass is 16.6. The third kappa shape index (κ3) is 4.97. The molecule has 0 aliphatic carbocycles. The van der Waals surface area contributed by atoms with Crippen molar-refractivity contribution in [1.29, 1.82) is 0 Å². The van der Waals surface area contributed by atoms with Crippen molar-refractivity contribution in [2.24, 2.45) is 0 Å². The van der Waals surface area contributed by atoms with Gasteiger partial charge in [-0.25, -0.2) is 0 Å². The van der Waals surface area contributed by atoms with Gasteiger partial charge < -0.3 is 9.84 Å². The van der Waals surface area contributed by atoms with Gasteiger partial charge >= 0.3 is 0 Å². The van der Waals surface area contributed by atoms with Crippen LogP contribution >= 0.6 is 0 Å². The highest BCUT2D eigenvalue weighted by Crippen LogP contribution is 2.26. The summed E-state index contributed by atoms with van der Waals surface area (Å²) >= 11 is 0. The van der Waals surface area contributed by atoms with Crippen LogP contribution in [0.3, 0.4) is 0 Å². The number of hydrogen-bond donors (Lipinski definition) is 1. The summed E-state index contributed by atoms with van der Waals surface area (Å²) in [6.07, 6.45) is 11.2. The Kier molecular flexibility index (Phi) is 6.20. The van der Waals surface area contributed by atoms with Crippen molar-refractivity contribution in [1.82, 2.24) is 0 Å². The molecular weight excluding hydrogens is 176 g/mol. The molecule has 1 aliphatic rings. The molecule has 0 saturated carbocycles. The lowest BCUT2D eigenvalue weighted by atomic mass is 10.1. The highest BCUT2D eigenvalue weighted by molar-refractivity contribution is 4.83. The van der Waals surface area contributed by atoms with Crippen molar-refractivity contribution >= 4 is 0 Å². The van der Waals surface area contributed by atoms with Gasteiger partial charge in [-0.3, -0.25) is 0 Å². The third-order valence-corrected chi connectivity index (χ3v) is 2.96. The first-order chi connectivity index (χ1) is 6.88. The third-order valence-electron chi connectivity index (χ3n) is 2.96. The molecule has 2 nitrogen and oxygen atoms in total. The smallest absolute Gasteiger partial charge is 0.107 e. The molecule has 1 saturated heterocycles. The van der Waals surface area contributed by atoms with Gasteiger partial charge in [0.1, 0.15) is 6.10 Å². The fraction of sp³-hybridized carbons (Fsp3) is 1.00. The monoisotopic (exact) mass is 200 g/mol. The van der Waals surface area contributed by atoms with Gasteiger partial charge in [-0.15, -0.1) is 0 Å². The fourth-order valence-corrected chi connectivity index (χ4v) is 1.90. The number of hydrogen-bond acceptors (Lipinski definition) is 2. The number of unbranched alkanes of at least 4 members (excludes halogenated alkanes) is 6. The normalized spacial score (nSPS) is 25.3. The second-order valence-electron chi connectivity index (χ2n) is 4.31. The van der Waals surface area contributed by atoms with E-state index in [9.17, 15) is 0 Å². The number of aliphatic hydroxyl groups is 1. The van der Waals surface area contributed by atoms with Crippen molar-refractivity contribution < 1.29 is 9.84 Å². The molecule has 0 aromatic heterocycles. The molecule has 2 heteroatoms. The van der Waals surface area contributed by atoms with Crippen molar-refractivity contribution in [2.45, 2.75) is 70.5 Å². The zero-order valence-electron chi connectivity index (χ0n) is 9.37. The Morgan fingerprint density at radius 1 is 0.929 bits per heavy atom. The van der Waals surface area contributed by atoms with E-state index >= 15 is 0 Å². The summed E-state index contributed by atoms with van der Waals surface area (Å²) in [7, 11) is 0. The maximum absolute atomic E-state index is 8.75. The van der Waals surface area contributed by atoms with E-state index in [4.69, 9.17) is 9.84 Å². The molecule has 1 aliphatic heterocycles. The molecule has 0 aromatic rings. The van der Waals surface area contributed by atoms with E-state index in [0.717, 1.165) is 6.42 Å². The molecule has 1 rings (SSSR count). The maximum Gasteiger partial charge on any atom is 0.107 e. The van der Waals surface area contributed by atoms with E-state index < -0.39 is 0 Å². The van der Waals surface area contributed by atoms with Crippen LogP contribution in [0.15, 0.2) is 0 Å². The molecule has 2 atom stereocenters. The number of aliphatic hydroxyl groups excluding tert-OH is 1. The summed E-state index contributed by atoms with van der Waals surface area (Å²) in [5, 5.41) is 8.75. The summed E-state index contributed by atoms with van der Waals surface area (Å²) in [5.74, 6) is 0. The van der Waals surface area contributed by atoms with Crippen molar-refractivity contribution in [3.8, 4) is 0 Å². The van der Waals surface area contributed by atoms with Crippen molar-refractivity contribution in [3.63, 3.8) is 0 Å². The van der Waals surface area contributed by atoms with Gasteiger partial charge in [0.25, 0.3) is 0 Å². The lowest BCUT2D eigenvalue weighted by Gasteiger charge is -1.99. The quantitative estimate of drug-likeness (QED) is 0.458. The van der Waals surface area contributed by atoms with Gasteiger partial charge in [-0.1, -0.05) is 51.9 Å². The van der Waals surface area contributed by atoms with Crippen LogP contribution in [0.1, 0.15) is 58.3 Å². The largest absolute Gasteiger partial charge is 0.394 e. The zero-order valence-corrected chi connectivity index (χ0v) is 9.37. The minimum atomic E-state index is 0.176. The van der Waals surface area contributed by atoms with Crippen LogP contribution in [0.4, 0.5) is 0 Å². The molecule has 0 spiro atoms. The first-order valence-electron chi connectivity index (χ1n) is 6.14. The molecule has 0 aromatic carbocycles. The Labute approximate surface area is 87.7 Å². The topological polar surface area (TPSA) is 32.8 Å². The SMILES string of the molecule is CCCCCCCCC[C@H]1O[C@H]1CO. The molecule has 1 N–H and O–H groups in total. The average molecular weight is 200 g/mol. The van der Waals surface area contributed by atoms with Crippen LogP contribution in [-0.2, 0) is 4.74 Å². The van der Waals surface area contributed by atoms with E-state index in [1.54, 1.807) is 0 Å². The molecule has 0 bridgehead atoms. The van der Waals surface area contributed by atoms with Gasteiger partial charge in [0, 0.05) is 0 Å². The Bertz CT molecular complexity index is 136. The number of epoxide rings is 1. The predicted octanol–water partition coefficient (Wildman–Crippen LogP) is 2.89. The van der Waals surface area contributed by atoms with E-state index in [2.05, 4.69) is 6.92 Å². The second-order valence-corrected chi connectivity index (χ2v) is 4.31. The summed E-state index contributed by atoms with van der Waals surface area (Å²) in [6.45, 7) is 2.46. The maximum atomic E-state index is 8.75. The minimum absolute atomic E-state index is 0.176. The van der Waals surface area contributed by atoms with Crippen molar-refractivity contribution in [3.05, 3.63) is 0 Å². The van der Waals surface area contributed by atoms with Gasteiger partial charge in [0.2, 0.25) is 0 Å². The van der Waals surface area contributed by atoms with E-state index in [0.29, 0.717) is 6.10 Å². The van der Waals surface area contributed by atoms with E-state index in [1.165, 1.54) is 44.9 Å². The van der Waals surface area contributed by atoms with Gasteiger partial charge in [-0.2, -0.15) is 0 Å². The van der Waals surface area contributed by atoms with Gasteiger partial charge in [-0.05, 0) is 6.42 Å². The first-order valence-corrected chi connectivity index (χ1v) is 6.14. The number of ether oxygens (including phenoxy) is 1. The fourth-order valence-electron chi connectivity index (χ4n) is 1.90. The number of rotatable bonds is 9.